The molecule has 9 heteroatoms. The Balaban J connectivity index is 5.05. The molecule has 2 unspecified atom stereocenters. The zero-order valence-electron chi connectivity index (χ0n) is 7.69. The number of Topliss-reactive ketones (excluding diaryl/α,β-unsaturated/α-hetero) is 1. The number of hydrogen-bond donors (Lipinski definition) is 5. The molecule has 0 aliphatic rings. The average molecular weight is 242 g/mol. The summed E-state index contributed by atoms with van der Waals surface area (Å²) in [5.74, 6) is -3.37. The lowest BCUT2D eigenvalue weighted by molar-refractivity contribution is -0.175. The highest BCUT2D eigenvalue weighted by Crippen LogP contribution is 2.37. The van der Waals surface area contributed by atoms with Crippen LogP contribution in [0, 0.1) is 0 Å². The van der Waals surface area contributed by atoms with Gasteiger partial charge in [-0.15, -0.1) is 0 Å². The van der Waals surface area contributed by atoms with Gasteiger partial charge in [0, 0.05) is 0 Å². The Labute approximate surface area is 84.3 Å². The SMILES string of the molecule is CC(=O)C(O)(C(=O)O)C(O)CP(=O)(O)O. The van der Waals surface area contributed by atoms with Crippen molar-refractivity contribution in [2.75, 3.05) is 6.16 Å². The Morgan fingerprint density at radius 1 is 1.40 bits per heavy atom. The first-order valence-corrected chi connectivity index (χ1v) is 5.51. The van der Waals surface area contributed by atoms with Crippen molar-refractivity contribution < 1.29 is 39.3 Å². The van der Waals surface area contributed by atoms with Gasteiger partial charge in [0.05, 0.1) is 6.16 Å². The maximum absolute atomic E-state index is 10.8. The van der Waals surface area contributed by atoms with Crippen LogP contribution in [0.2, 0.25) is 0 Å². The minimum absolute atomic E-state index is 0.691. The molecule has 0 aromatic rings. The molecule has 15 heavy (non-hydrogen) atoms. The minimum Gasteiger partial charge on any atom is -0.479 e. The third-order valence-corrected chi connectivity index (χ3v) is 2.58. The van der Waals surface area contributed by atoms with Gasteiger partial charge in [0.15, 0.2) is 5.78 Å². The summed E-state index contributed by atoms with van der Waals surface area (Å²) in [6.07, 6.45) is -3.68. The maximum Gasteiger partial charge on any atom is 0.346 e. The van der Waals surface area contributed by atoms with Gasteiger partial charge in [0.2, 0.25) is 5.60 Å². The number of aliphatic hydroxyl groups is 2. The van der Waals surface area contributed by atoms with E-state index in [9.17, 15) is 19.3 Å². The average Bonchev–Trinajstić information content (AvgIpc) is 1.98. The van der Waals surface area contributed by atoms with Crippen molar-refractivity contribution >= 4 is 19.3 Å². The van der Waals surface area contributed by atoms with Crippen molar-refractivity contribution in [2.24, 2.45) is 0 Å². The summed E-state index contributed by atoms with van der Waals surface area (Å²) < 4.78 is 10.5. The smallest absolute Gasteiger partial charge is 0.346 e. The van der Waals surface area contributed by atoms with Crippen LogP contribution in [0.3, 0.4) is 0 Å². The van der Waals surface area contributed by atoms with E-state index in [-0.39, 0.29) is 0 Å². The molecule has 88 valence electrons. The molecule has 0 saturated heterocycles. The molecule has 0 aliphatic carbocycles. The van der Waals surface area contributed by atoms with E-state index in [1.165, 1.54) is 0 Å². The van der Waals surface area contributed by atoms with E-state index in [0.717, 1.165) is 0 Å². The number of aliphatic carboxylic acids is 1. The summed E-state index contributed by atoms with van der Waals surface area (Å²) in [4.78, 5) is 38.2. The summed E-state index contributed by atoms with van der Waals surface area (Å²) in [6.45, 7) is 0.691. The summed E-state index contributed by atoms with van der Waals surface area (Å²) in [5.41, 5.74) is -3.19. The molecule has 0 amide bonds. The molecule has 8 nitrogen and oxygen atoms in total. The molecule has 2 atom stereocenters. The van der Waals surface area contributed by atoms with Gasteiger partial charge in [0.25, 0.3) is 0 Å². The first-order valence-electron chi connectivity index (χ1n) is 3.71. The van der Waals surface area contributed by atoms with Crippen molar-refractivity contribution in [3.8, 4) is 0 Å². The number of rotatable bonds is 5. The standard InChI is InChI=1S/C6H11O8P/c1-3(7)6(11,5(9)10)4(8)2-15(12,13)14/h4,8,11H,2H2,1H3,(H,9,10)(H2,12,13,14). The van der Waals surface area contributed by atoms with Crippen molar-refractivity contribution in [3.63, 3.8) is 0 Å². The van der Waals surface area contributed by atoms with Crippen molar-refractivity contribution in [3.05, 3.63) is 0 Å². The topological polar surface area (TPSA) is 152 Å². The molecular weight excluding hydrogens is 231 g/mol. The lowest BCUT2D eigenvalue weighted by Gasteiger charge is -2.25. The molecule has 0 fully saturated rings. The summed E-state index contributed by atoms with van der Waals surface area (Å²) in [5, 5.41) is 26.8. The van der Waals surface area contributed by atoms with Gasteiger partial charge in [-0.1, -0.05) is 0 Å². The summed E-state index contributed by atoms with van der Waals surface area (Å²) >= 11 is 0. The van der Waals surface area contributed by atoms with E-state index < -0.39 is 37.2 Å². The third-order valence-electron chi connectivity index (χ3n) is 1.76. The van der Waals surface area contributed by atoms with Crippen LogP contribution >= 0.6 is 7.60 Å². The molecule has 0 spiro atoms. The second kappa shape index (κ2) is 4.38. The van der Waals surface area contributed by atoms with Crippen molar-refractivity contribution in [1.82, 2.24) is 0 Å². The Bertz CT molecular complexity index is 303. The number of aliphatic hydroxyl groups excluding tert-OH is 1. The van der Waals surface area contributed by atoms with Crippen LogP contribution in [-0.4, -0.2) is 54.7 Å². The van der Waals surface area contributed by atoms with Crippen LogP contribution in [0.5, 0.6) is 0 Å². The number of carbonyl (C=O) groups is 2. The van der Waals surface area contributed by atoms with Gasteiger partial charge < -0.3 is 25.1 Å². The van der Waals surface area contributed by atoms with Crippen molar-refractivity contribution in [1.29, 1.82) is 0 Å². The van der Waals surface area contributed by atoms with Crippen LogP contribution < -0.4 is 0 Å². The first-order chi connectivity index (χ1) is 6.51. The Morgan fingerprint density at radius 3 is 2.00 bits per heavy atom. The molecule has 0 radical (unpaired) electrons. The van der Waals surface area contributed by atoms with Gasteiger partial charge >= 0.3 is 13.6 Å². The van der Waals surface area contributed by atoms with Gasteiger partial charge in [-0.2, -0.15) is 0 Å². The number of ketones is 1. The second-order valence-electron chi connectivity index (χ2n) is 2.99. The molecule has 0 rings (SSSR count). The normalized spacial score (nSPS) is 17.9. The fourth-order valence-corrected chi connectivity index (χ4v) is 1.60. The molecule has 0 aromatic carbocycles. The van der Waals surface area contributed by atoms with Crippen molar-refractivity contribution in [2.45, 2.75) is 18.6 Å². The van der Waals surface area contributed by atoms with Gasteiger partial charge in [-0.25, -0.2) is 4.79 Å². The van der Waals surface area contributed by atoms with Gasteiger partial charge in [-0.05, 0) is 6.92 Å². The van der Waals surface area contributed by atoms with Crippen LogP contribution in [0.15, 0.2) is 0 Å². The summed E-state index contributed by atoms with van der Waals surface area (Å²) in [7, 11) is -4.72. The highest BCUT2D eigenvalue weighted by atomic mass is 31.2. The maximum atomic E-state index is 10.8. The monoisotopic (exact) mass is 242 g/mol. The minimum atomic E-state index is -4.72. The molecule has 0 heterocycles. The van der Waals surface area contributed by atoms with Crippen LogP contribution in [0.4, 0.5) is 0 Å². The van der Waals surface area contributed by atoms with Crippen LogP contribution in [0.1, 0.15) is 6.92 Å². The first kappa shape index (κ1) is 14.2. The van der Waals surface area contributed by atoms with Crippen LogP contribution in [0.25, 0.3) is 0 Å². The molecule has 0 aliphatic heterocycles. The van der Waals surface area contributed by atoms with E-state index in [2.05, 4.69) is 0 Å². The highest BCUT2D eigenvalue weighted by Gasteiger charge is 2.50. The molecule has 0 bridgehead atoms. The third kappa shape index (κ3) is 3.37. The molecule has 0 saturated carbocycles. The Kier molecular flexibility index (Phi) is 4.15. The Hall–Kier alpha value is -0.790. The molecular formula is C6H11O8P. The van der Waals surface area contributed by atoms with Gasteiger partial charge in [-0.3, -0.25) is 9.36 Å². The predicted octanol–water partition coefficient (Wildman–Crippen LogP) is -2.07. The quantitative estimate of drug-likeness (QED) is 0.272. The highest BCUT2D eigenvalue weighted by molar-refractivity contribution is 7.51. The number of carboxylic acid groups (broad SMARTS) is 1. The van der Waals surface area contributed by atoms with Crippen LogP contribution in [-0.2, 0) is 14.2 Å². The number of carbonyl (C=O) groups excluding carboxylic acids is 1. The van der Waals surface area contributed by atoms with E-state index in [4.69, 9.17) is 20.0 Å². The second-order valence-corrected chi connectivity index (χ2v) is 4.69. The lowest BCUT2D eigenvalue weighted by atomic mass is 9.94. The van der Waals surface area contributed by atoms with E-state index >= 15 is 0 Å². The molecule has 5 N–H and O–H groups in total. The zero-order valence-corrected chi connectivity index (χ0v) is 8.59. The predicted molar refractivity (Wildman–Crippen MR) is 46.2 cm³/mol. The Morgan fingerprint density at radius 2 is 1.80 bits per heavy atom. The van der Waals surface area contributed by atoms with E-state index in [1.54, 1.807) is 0 Å². The molecule has 0 aromatic heterocycles. The lowest BCUT2D eigenvalue weighted by Crippen LogP contribution is -2.56. The summed E-state index contributed by atoms with van der Waals surface area (Å²) in [6, 6.07) is 0. The fourth-order valence-electron chi connectivity index (χ4n) is 0.885. The fraction of sp³-hybridized carbons (Fsp3) is 0.667. The van der Waals surface area contributed by atoms with Gasteiger partial charge in [0.1, 0.15) is 6.10 Å². The zero-order chi connectivity index (χ0) is 12.4. The number of hydrogen-bond acceptors (Lipinski definition) is 5. The van der Waals surface area contributed by atoms with E-state index in [0.29, 0.717) is 6.92 Å². The number of carboxylic acids is 1. The largest absolute Gasteiger partial charge is 0.479 e. The van der Waals surface area contributed by atoms with E-state index in [1.807, 2.05) is 0 Å².